The summed E-state index contributed by atoms with van der Waals surface area (Å²) >= 11 is 0. The highest BCUT2D eigenvalue weighted by Crippen LogP contribution is 2.30. The van der Waals surface area contributed by atoms with E-state index in [2.05, 4.69) is 10.6 Å². The molecule has 19 heavy (non-hydrogen) atoms. The summed E-state index contributed by atoms with van der Waals surface area (Å²) in [5.74, 6) is -0.0855. The SMILES string of the molecule is CCCNC(=O)C1(NC(=O)OC(C)(C)C)CCCC1. The number of rotatable bonds is 4. The average Bonchev–Trinajstić information content (AvgIpc) is 2.72. The van der Waals surface area contributed by atoms with Crippen LogP contribution in [0.1, 0.15) is 59.8 Å². The third kappa shape index (κ3) is 4.73. The van der Waals surface area contributed by atoms with Crippen LogP contribution in [0.15, 0.2) is 0 Å². The van der Waals surface area contributed by atoms with E-state index < -0.39 is 17.2 Å². The van der Waals surface area contributed by atoms with Crippen LogP contribution < -0.4 is 10.6 Å². The van der Waals surface area contributed by atoms with E-state index in [-0.39, 0.29) is 5.91 Å². The number of hydrogen-bond acceptors (Lipinski definition) is 3. The molecular weight excluding hydrogens is 244 g/mol. The van der Waals surface area contributed by atoms with Crippen LogP contribution in [0.5, 0.6) is 0 Å². The van der Waals surface area contributed by atoms with E-state index in [1.807, 2.05) is 27.7 Å². The predicted molar refractivity (Wildman–Crippen MR) is 73.9 cm³/mol. The largest absolute Gasteiger partial charge is 0.444 e. The van der Waals surface area contributed by atoms with E-state index in [1.165, 1.54) is 0 Å². The molecule has 0 heterocycles. The number of alkyl carbamates (subject to hydrolysis) is 1. The summed E-state index contributed by atoms with van der Waals surface area (Å²) in [4.78, 5) is 24.1. The minimum atomic E-state index is -0.780. The van der Waals surface area contributed by atoms with Gasteiger partial charge in [-0.3, -0.25) is 4.79 Å². The Balaban J connectivity index is 2.66. The van der Waals surface area contributed by atoms with Crippen molar-refractivity contribution in [2.75, 3.05) is 6.54 Å². The van der Waals surface area contributed by atoms with Crippen molar-refractivity contribution >= 4 is 12.0 Å². The van der Waals surface area contributed by atoms with Gasteiger partial charge in [-0.15, -0.1) is 0 Å². The minimum Gasteiger partial charge on any atom is -0.444 e. The summed E-state index contributed by atoms with van der Waals surface area (Å²) in [5, 5.41) is 5.66. The van der Waals surface area contributed by atoms with E-state index in [4.69, 9.17) is 4.74 Å². The number of carbonyl (C=O) groups excluding carboxylic acids is 2. The molecule has 1 aliphatic rings. The summed E-state index contributed by atoms with van der Waals surface area (Å²) in [6.07, 6.45) is 3.64. The molecular formula is C14H26N2O3. The van der Waals surface area contributed by atoms with Crippen LogP contribution in [0.3, 0.4) is 0 Å². The Kier molecular flexibility index (Phi) is 5.20. The number of nitrogens with one attached hydrogen (secondary N) is 2. The molecule has 110 valence electrons. The molecule has 2 N–H and O–H groups in total. The quantitative estimate of drug-likeness (QED) is 0.824. The molecule has 0 aromatic rings. The van der Waals surface area contributed by atoms with E-state index in [9.17, 15) is 9.59 Å². The lowest BCUT2D eigenvalue weighted by atomic mass is 9.96. The molecule has 5 nitrogen and oxygen atoms in total. The third-order valence-electron chi connectivity index (χ3n) is 3.17. The molecule has 0 aromatic carbocycles. The molecule has 1 aliphatic carbocycles. The normalized spacial score (nSPS) is 17.9. The van der Waals surface area contributed by atoms with Crippen molar-refractivity contribution in [1.29, 1.82) is 0 Å². The lowest BCUT2D eigenvalue weighted by Crippen LogP contribution is -2.58. The number of ether oxygens (including phenoxy) is 1. The fraction of sp³-hybridized carbons (Fsp3) is 0.857. The zero-order valence-electron chi connectivity index (χ0n) is 12.5. The summed E-state index contributed by atoms with van der Waals surface area (Å²) in [7, 11) is 0. The molecule has 0 unspecified atom stereocenters. The van der Waals surface area contributed by atoms with Crippen LogP contribution in [0.25, 0.3) is 0 Å². The second-order valence-electron chi connectivity index (χ2n) is 6.17. The van der Waals surface area contributed by atoms with Gasteiger partial charge < -0.3 is 15.4 Å². The first-order valence-corrected chi connectivity index (χ1v) is 7.08. The Morgan fingerprint density at radius 2 is 1.79 bits per heavy atom. The topological polar surface area (TPSA) is 67.4 Å². The molecule has 5 heteroatoms. The summed E-state index contributed by atoms with van der Waals surface area (Å²) in [5.41, 5.74) is -1.33. The van der Waals surface area contributed by atoms with Crippen molar-refractivity contribution in [3.8, 4) is 0 Å². The Hall–Kier alpha value is -1.26. The second kappa shape index (κ2) is 6.26. The van der Waals surface area contributed by atoms with Gasteiger partial charge in [0.05, 0.1) is 0 Å². The van der Waals surface area contributed by atoms with Gasteiger partial charge in [-0.25, -0.2) is 4.79 Å². The maximum absolute atomic E-state index is 12.2. The molecule has 1 saturated carbocycles. The van der Waals surface area contributed by atoms with Gasteiger partial charge >= 0.3 is 6.09 Å². The molecule has 0 saturated heterocycles. The maximum atomic E-state index is 12.2. The highest BCUT2D eigenvalue weighted by molar-refractivity contribution is 5.90. The van der Waals surface area contributed by atoms with Crippen LogP contribution in [-0.2, 0) is 9.53 Å². The molecule has 2 amide bonds. The van der Waals surface area contributed by atoms with E-state index in [1.54, 1.807) is 0 Å². The van der Waals surface area contributed by atoms with Gasteiger partial charge in [-0.2, -0.15) is 0 Å². The number of hydrogen-bond donors (Lipinski definition) is 2. The van der Waals surface area contributed by atoms with Crippen LogP contribution in [0, 0.1) is 0 Å². The smallest absolute Gasteiger partial charge is 0.408 e. The van der Waals surface area contributed by atoms with Gasteiger partial charge in [0.25, 0.3) is 0 Å². The van der Waals surface area contributed by atoms with Crippen molar-refractivity contribution in [2.24, 2.45) is 0 Å². The van der Waals surface area contributed by atoms with Crippen molar-refractivity contribution in [1.82, 2.24) is 10.6 Å². The Morgan fingerprint density at radius 3 is 2.26 bits per heavy atom. The van der Waals surface area contributed by atoms with Crippen molar-refractivity contribution < 1.29 is 14.3 Å². The third-order valence-corrected chi connectivity index (χ3v) is 3.17. The average molecular weight is 270 g/mol. The van der Waals surface area contributed by atoms with Gasteiger partial charge in [0.2, 0.25) is 5.91 Å². The Bertz CT molecular complexity index is 328. The molecule has 1 rings (SSSR count). The minimum absolute atomic E-state index is 0.0855. The molecule has 0 spiro atoms. The summed E-state index contributed by atoms with van der Waals surface area (Å²) in [6.45, 7) is 8.07. The van der Waals surface area contributed by atoms with Crippen molar-refractivity contribution in [2.45, 2.75) is 70.9 Å². The predicted octanol–water partition coefficient (Wildman–Crippen LogP) is 2.35. The highest BCUT2D eigenvalue weighted by Gasteiger charge is 2.43. The highest BCUT2D eigenvalue weighted by atomic mass is 16.6. The summed E-state index contributed by atoms with van der Waals surface area (Å²) in [6, 6.07) is 0. The number of carbonyl (C=O) groups is 2. The standard InChI is InChI=1S/C14H26N2O3/c1-5-10-15-11(17)14(8-6-7-9-14)16-12(18)19-13(2,3)4/h5-10H2,1-4H3,(H,15,17)(H,16,18). The molecule has 0 bridgehead atoms. The van der Waals surface area contributed by atoms with E-state index in [0.717, 1.165) is 19.3 Å². The lowest BCUT2D eigenvalue weighted by Gasteiger charge is -2.30. The van der Waals surface area contributed by atoms with E-state index in [0.29, 0.717) is 19.4 Å². The monoisotopic (exact) mass is 270 g/mol. The first kappa shape index (κ1) is 15.8. The Morgan fingerprint density at radius 1 is 1.21 bits per heavy atom. The molecule has 0 aliphatic heterocycles. The lowest BCUT2D eigenvalue weighted by molar-refractivity contribution is -0.127. The summed E-state index contributed by atoms with van der Waals surface area (Å²) < 4.78 is 5.25. The Labute approximate surface area is 115 Å². The van der Waals surface area contributed by atoms with Crippen molar-refractivity contribution in [3.63, 3.8) is 0 Å². The van der Waals surface area contributed by atoms with Crippen LogP contribution in [-0.4, -0.2) is 29.7 Å². The molecule has 1 fully saturated rings. The molecule has 0 atom stereocenters. The fourth-order valence-electron chi connectivity index (χ4n) is 2.29. The van der Waals surface area contributed by atoms with Gasteiger partial charge in [0, 0.05) is 6.54 Å². The maximum Gasteiger partial charge on any atom is 0.408 e. The first-order valence-electron chi connectivity index (χ1n) is 7.08. The van der Waals surface area contributed by atoms with Gasteiger partial charge in [-0.05, 0) is 40.0 Å². The van der Waals surface area contributed by atoms with Gasteiger partial charge in [0.1, 0.15) is 11.1 Å². The molecule has 0 radical (unpaired) electrons. The van der Waals surface area contributed by atoms with Crippen LogP contribution in [0.2, 0.25) is 0 Å². The van der Waals surface area contributed by atoms with E-state index >= 15 is 0 Å². The second-order valence-corrected chi connectivity index (χ2v) is 6.17. The van der Waals surface area contributed by atoms with Gasteiger partial charge in [-0.1, -0.05) is 19.8 Å². The van der Waals surface area contributed by atoms with Crippen LogP contribution in [0.4, 0.5) is 4.79 Å². The zero-order chi connectivity index (χ0) is 14.5. The number of amides is 2. The van der Waals surface area contributed by atoms with Gasteiger partial charge in [0.15, 0.2) is 0 Å². The fourth-order valence-corrected chi connectivity index (χ4v) is 2.29. The van der Waals surface area contributed by atoms with Crippen LogP contribution >= 0.6 is 0 Å². The molecule has 0 aromatic heterocycles. The first-order chi connectivity index (χ1) is 8.79. The van der Waals surface area contributed by atoms with Crippen molar-refractivity contribution in [3.05, 3.63) is 0 Å². The zero-order valence-corrected chi connectivity index (χ0v) is 12.5.